The van der Waals surface area contributed by atoms with E-state index in [2.05, 4.69) is 20.9 Å². The van der Waals surface area contributed by atoms with Gasteiger partial charge >= 0.3 is 0 Å². The number of aliphatic imine (C=N–C) groups is 1. The number of guanidine groups is 1. The van der Waals surface area contributed by atoms with Crippen LogP contribution < -0.4 is 16.0 Å². The van der Waals surface area contributed by atoms with Crippen molar-refractivity contribution in [2.75, 3.05) is 39.9 Å². The first kappa shape index (κ1) is 22.6. The first-order valence-electron chi connectivity index (χ1n) is 7.65. The minimum atomic E-state index is -0.380. The summed E-state index contributed by atoms with van der Waals surface area (Å²) in [6, 6.07) is 4.44. The van der Waals surface area contributed by atoms with E-state index in [-0.39, 0.29) is 35.7 Å². The summed E-state index contributed by atoms with van der Waals surface area (Å²) < 4.78 is 18.6. The Labute approximate surface area is 159 Å². The SMILES string of the molecule is CCOCCNC(=NC)NCCNC(=O)c1ccc(C)c(F)c1.I. The second-order valence-corrected chi connectivity index (χ2v) is 4.84. The molecule has 3 N–H and O–H groups in total. The van der Waals surface area contributed by atoms with E-state index in [0.717, 1.165) is 0 Å². The van der Waals surface area contributed by atoms with Gasteiger partial charge in [0.2, 0.25) is 0 Å². The highest BCUT2D eigenvalue weighted by Gasteiger charge is 2.07. The predicted molar refractivity (Wildman–Crippen MR) is 105 cm³/mol. The molecule has 1 amide bonds. The molecule has 24 heavy (non-hydrogen) atoms. The summed E-state index contributed by atoms with van der Waals surface area (Å²) in [5.74, 6) is -0.0417. The van der Waals surface area contributed by atoms with E-state index in [1.165, 1.54) is 6.07 Å². The van der Waals surface area contributed by atoms with Gasteiger partial charge in [0, 0.05) is 38.9 Å². The molecule has 0 aliphatic heterocycles. The minimum absolute atomic E-state index is 0. The first-order valence-corrected chi connectivity index (χ1v) is 7.65. The molecule has 0 fully saturated rings. The van der Waals surface area contributed by atoms with Gasteiger partial charge in [0.05, 0.1) is 6.61 Å². The van der Waals surface area contributed by atoms with Crippen molar-refractivity contribution in [1.82, 2.24) is 16.0 Å². The van der Waals surface area contributed by atoms with Crippen LogP contribution in [-0.2, 0) is 4.74 Å². The number of ether oxygens (including phenoxy) is 1. The van der Waals surface area contributed by atoms with Crippen molar-refractivity contribution < 1.29 is 13.9 Å². The standard InChI is InChI=1S/C16H25FN4O2.HI/c1-4-23-10-9-21-16(18-3)20-8-7-19-15(22)13-6-5-12(2)14(17)11-13;/h5-6,11H,4,7-10H2,1-3H3,(H,19,22)(H2,18,20,21);1H. The molecule has 0 unspecified atom stereocenters. The number of carbonyl (C=O) groups excluding carboxylic acids is 1. The van der Waals surface area contributed by atoms with Gasteiger partial charge < -0.3 is 20.7 Å². The average molecular weight is 452 g/mol. The minimum Gasteiger partial charge on any atom is -0.380 e. The van der Waals surface area contributed by atoms with Gasteiger partial charge in [0.1, 0.15) is 5.82 Å². The summed E-state index contributed by atoms with van der Waals surface area (Å²) in [6.07, 6.45) is 0. The summed E-state index contributed by atoms with van der Waals surface area (Å²) in [4.78, 5) is 16.0. The molecule has 0 saturated heterocycles. The Morgan fingerprint density at radius 3 is 2.50 bits per heavy atom. The summed E-state index contributed by atoms with van der Waals surface area (Å²) >= 11 is 0. The molecule has 0 aliphatic rings. The summed E-state index contributed by atoms with van der Waals surface area (Å²) in [5.41, 5.74) is 0.831. The number of carbonyl (C=O) groups is 1. The van der Waals surface area contributed by atoms with Gasteiger partial charge in [0.15, 0.2) is 5.96 Å². The average Bonchev–Trinajstić information content (AvgIpc) is 2.55. The van der Waals surface area contributed by atoms with Crippen LogP contribution in [0.3, 0.4) is 0 Å². The molecule has 0 aliphatic carbocycles. The number of rotatable bonds is 8. The Bertz CT molecular complexity index is 541. The fraction of sp³-hybridized carbons (Fsp3) is 0.500. The Morgan fingerprint density at radius 1 is 1.21 bits per heavy atom. The quantitative estimate of drug-likeness (QED) is 0.243. The van der Waals surface area contributed by atoms with Crippen LogP contribution in [0.2, 0.25) is 0 Å². The van der Waals surface area contributed by atoms with Gasteiger partial charge in [-0.3, -0.25) is 9.79 Å². The molecule has 0 spiro atoms. The summed E-state index contributed by atoms with van der Waals surface area (Å²) in [7, 11) is 1.67. The topological polar surface area (TPSA) is 74.8 Å². The van der Waals surface area contributed by atoms with Crippen LogP contribution in [0.4, 0.5) is 4.39 Å². The van der Waals surface area contributed by atoms with E-state index in [9.17, 15) is 9.18 Å². The van der Waals surface area contributed by atoms with Crippen LogP contribution in [0, 0.1) is 12.7 Å². The molecule has 136 valence electrons. The smallest absolute Gasteiger partial charge is 0.251 e. The lowest BCUT2D eigenvalue weighted by Crippen LogP contribution is -2.42. The second kappa shape index (κ2) is 12.9. The van der Waals surface area contributed by atoms with Gasteiger partial charge in [-0.15, -0.1) is 24.0 Å². The number of hydrogen-bond donors (Lipinski definition) is 3. The van der Waals surface area contributed by atoms with E-state index in [4.69, 9.17) is 4.74 Å². The number of amides is 1. The van der Waals surface area contributed by atoms with Gasteiger partial charge in [-0.25, -0.2) is 4.39 Å². The fourth-order valence-corrected chi connectivity index (χ4v) is 1.80. The Hall–Kier alpha value is -1.42. The van der Waals surface area contributed by atoms with Gasteiger partial charge in [-0.1, -0.05) is 6.07 Å². The highest BCUT2D eigenvalue weighted by Crippen LogP contribution is 2.08. The molecule has 0 aromatic heterocycles. The number of nitrogens with zero attached hydrogens (tertiary/aromatic N) is 1. The van der Waals surface area contributed by atoms with Crippen molar-refractivity contribution in [3.63, 3.8) is 0 Å². The molecule has 0 radical (unpaired) electrons. The highest BCUT2D eigenvalue weighted by molar-refractivity contribution is 14.0. The molecule has 1 rings (SSSR count). The molecule has 8 heteroatoms. The molecular formula is C16H26FIN4O2. The first-order chi connectivity index (χ1) is 11.1. The Balaban J connectivity index is 0.00000529. The lowest BCUT2D eigenvalue weighted by Gasteiger charge is -2.12. The van der Waals surface area contributed by atoms with Crippen LogP contribution >= 0.6 is 24.0 Å². The van der Waals surface area contributed by atoms with Crippen molar-refractivity contribution >= 4 is 35.8 Å². The van der Waals surface area contributed by atoms with E-state index in [1.54, 1.807) is 26.1 Å². The van der Waals surface area contributed by atoms with Crippen LogP contribution in [0.5, 0.6) is 0 Å². The Kier molecular flexibility index (Phi) is 12.2. The molecule has 0 saturated carbocycles. The lowest BCUT2D eigenvalue weighted by atomic mass is 10.1. The zero-order valence-electron chi connectivity index (χ0n) is 14.3. The largest absolute Gasteiger partial charge is 0.380 e. The van der Waals surface area contributed by atoms with Gasteiger partial charge in [-0.2, -0.15) is 0 Å². The summed E-state index contributed by atoms with van der Waals surface area (Å²) in [6.45, 7) is 6.45. The van der Waals surface area contributed by atoms with E-state index < -0.39 is 0 Å². The van der Waals surface area contributed by atoms with Crippen LogP contribution in [0.1, 0.15) is 22.8 Å². The lowest BCUT2D eigenvalue weighted by molar-refractivity contribution is 0.0954. The van der Waals surface area contributed by atoms with Crippen LogP contribution in [-0.4, -0.2) is 51.8 Å². The van der Waals surface area contributed by atoms with Gasteiger partial charge in [0.25, 0.3) is 5.91 Å². The monoisotopic (exact) mass is 452 g/mol. The molecule has 6 nitrogen and oxygen atoms in total. The number of nitrogens with one attached hydrogen (secondary N) is 3. The van der Waals surface area contributed by atoms with Crippen molar-refractivity contribution in [2.24, 2.45) is 4.99 Å². The second-order valence-electron chi connectivity index (χ2n) is 4.84. The third-order valence-electron chi connectivity index (χ3n) is 3.10. The number of hydrogen-bond acceptors (Lipinski definition) is 3. The van der Waals surface area contributed by atoms with Crippen molar-refractivity contribution in [2.45, 2.75) is 13.8 Å². The van der Waals surface area contributed by atoms with E-state index >= 15 is 0 Å². The maximum atomic E-state index is 13.4. The Morgan fingerprint density at radius 2 is 1.88 bits per heavy atom. The van der Waals surface area contributed by atoms with E-state index in [0.29, 0.717) is 49.9 Å². The van der Waals surface area contributed by atoms with Crippen LogP contribution in [0.15, 0.2) is 23.2 Å². The maximum Gasteiger partial charge on any atom is 0.251 e. The summed E-state index contributed by atoms with van der Waals surface area (Å²) in [5, 5.41) is 8.88. The molecular weight excluding hydrogens is 426 g/mol. The van der Waals surface area contributed by atoms with Gasteiger partial charge in [-0.05, 0) is 31.5 Å². The molecule has 1 aromatic carbocycles. The van der Waals surface area contributed by atoms with Crippen molar-refractivity contribution in [3.8, 4) is 0 Å². The predicted octanol–water partition coefficient (Wildman–Crippen LogP) is 1.68. The zero-order valence-corrected chi connectivity index (χ0v) is 16.6. The number of benzene rings is 1. The zero-order chi connectivity index (χ0) is 17.1. The normalized spacial score (nSPS) is 10.8. The third-order valence-corrected chi connectivity index (χ3v) is 3.10. The highest BCUT2D eigenvalue weighted by atomic mass is 127. The number of aryl methyl sites for hydroxylation is 1. The maximum absolute atomic E-state index is 13.4. The molecule has 0 atom stereocenters. The molecule has 0 bridgehead atoms. The third kappa shape index (κ3) is 8.44. The molecule has 1 aromatic rings. The fourth-order valence-electron chi connectivity index (χ4n) is 1.80. The van der Waals surface area contributed by atoms with Crippen molar-refractivity contribution in [1.29, 1.82) is 0 Å². The van der Waals surface area contributed by atoms with Crippen LogP contribution in [0.25, 0.3) is 0 Å². The number of halogens is 2. The van der Waals surface area contributed by atoms with Crippen molar-refractivity contribution in [3.05, 3.63) is 35.1 Å². The molecule has 0 heterocycles. The van der Waals surface area contributed by atoms with E-state index in [1.807, 2.05) is 6.92 Å².